The van der Waals surface area contributed by atoms with E-state index in [1.807, 2.05) is 0 Å². The van der Waals surface area contributed by atoms with Gasteiger partial charge in [0.1, 0.15) is 0 Å². The summed E-state index contributed by atoms with van der Waals surface area (Å²) in [4.78, 5) is 0. The Hall–Kier alpha value is -1.28. The monoisotopic (exact) mass is 244 g/mol. The summed E-state index contributed by atoms with van der Waals surface area (Å²) in [7, 11) is 2.12. The van der Waals surface area contributed by atoms with Crippen molar-refractivity contribution in [2.24, 2.45) is 12.8 Å². The Morgan fingerprint density at radius 2 is 1.94 bits per heavy atom. The summed E-state index contributed by atoms with van der Waals surface area (Å²) in [6, 6.07) is 7.09. The summed E-state index contributed by atoms with van der Waals surface area (Å²) < 4.78 is 2.22. The molecule has 1 atom stereocenters. The van der Waals surface area contributed by atoms with E-state index in [0.717, 1.165) is 12.8 Å². The molecular formula is C16H24N2. The van der Waals surface area contributed by atoms with Gasteiger partial charge in [-0.05, 0) is 48.9 Å². The van der Waals surface area contributed by atoms with E-state index >= 15 is 0 Å². The van der Waals surface area contributed by atoms with Crippen molar-refractivity contribution < 1.29 is 0 Å². The van der Waals surface area contributed by atoms with Crippen molar-refractivity contribution in [2.45, 2.75) is 45.6 Å². The molecule has 2 rings (SSSR count). The van der Waals surface area contributed by atoms with Crippen LogP contribution < -0.4 is 5.73 Å². The first-order valence-corrected chi connectivity index (χ1v) is 6.82. The van der Waals surface area contributed by atoms with Crippen LogP contribution in [-0.2, 0) is 13.5 Å². The lowest BCUT2D eigenvalue weighted by Crippen LogP contribution is -2.15. The van der Waals surface area contributed by atoms with E-state index in [9.17, 15) is 0 Å². The molecule has 1 unspecified atom stereocenters. The normalized spacial score (nSPS) is 13.4. The molecular weight excluding hydrogens is 220 g/mol. The zero-order chi connectivity index (χ0) is 13.3. The number of rotatable bonds is 4. The van der Waals surface area contributed by atoms with Gasteiger partial charge in [-0.1, -0.05) is 19.9 Å². The summed E-state index contributed by atoms with van der Waals surface area (Å²) in [5.74, 6) is 0.580. The van der Waals surface area contributed by atoms with Crippen LogP contribution >= 0.6 is 0 Å². The Bertz CT molecular complexity index is 535. The minimum atomic E-state index is 0.272. The first-order chi connectivity index (χ1) is 8.49. The molecule has 2 N–H and O–H groups in total. The highest BCUT2D eigenvalue weighted by atomic mass is 14.9. The minimum absolute atomic E-state index is 0.272. The first kappa shape index (κ1) is 13.2. The smallest absolute Gasteiger partial charge is 0.0480 e. The summed E-state index contributed by atoms with van der Waals surface area (Å²) in [5, 5.41) is 1.39. The lowest BCUT2D eigenvalue weighted by atomic mass is 9.99. The van der Waals surface area contributed by atoms with Crippen LogP contribution in [0.2, 0.25) is 0 Å². The van der Waals surface area contributed by atoms with Gasteiger partial charge < -0.3 is 10.3 Å². The van der Waals surface area contributed by atoms with Gasteiger partial charge in [0.05, 0.1) is 0 Å². The van der Waals surface area contributed by atoms with E-state index in [2.05, 4.69) is 56.8 Å². The Balaban J connectivity index is 2.42. The highest BCUT2D eigenvalue weighted by molar-refractivity contribution is 5.84. The van der Waals surface area contributed by atoms with Gasteiger partial charge in [0.2, 0.25) is 0 Å². The quantitative estimate of drug-likeness (QED) is 0.875. The molecule has 0 saturated carbocycles. The molecule has 1 aromatic carbocycles. The van der Waals surface area contributed by atoms with Crippen molar-refractivity contribution in [2.75, 3.05) is 0 Å². The molecule has 1 aromatic heterocycles. The number of nitrogens with two attached hydrogens (primary N) is 1. The van der Waals surface area contributed by atoms with E-state index in [1.165, 1.54) is 22.0 Å². The third-order valence-electron chi connectivity index (χ3n) is 3.63. The molecule has 0 aliphatic heterocycles. The highest BCUT2D eigenvalue weighted by Gasteiger charge is 2.09. The van der Waals surface area contributed by atoms with E-state index in [1.54, 1.807) is 0 Å². The predicted molar refractivity (Wildman–Crippen MR) is 79.0 cm³/mol. The van der Waals surface area contributed by atoms with Crippen LogP contribution in [0.3, 0.4) is 0 Å². The van der Waals surface area contributed by atoms with E-state index < -0.39 is 0 Å². The summed E-state index contributed by atoms with van der Waals surface area (Å²) in [6.45, 7) is 6.56. The topological polar surface area (TPSA) is 30.9 Å². The second-order valence-electron chi connectivity index (χ2n) is 5.71. The number of hydrogen-bond donors (Lipinski definition) is 1. The third-order valence-corrected chi connectivity index (χ3v) is 3.63. The highest BCUT2D eigenvalue weighted by Crippen LogP contribution is 2.26. The van der Waals surface area contributed by atoms with Gasteiger partial charge in [-0.25, -0.2) is 0 Å². The van der Waals surface area contributed by atoms with Crippen LogP contribution in [0, 0.1) is 0 Å². The number of benzene rings is 1. The molecule has 0 bridgehead atoms. The van der Waals surface area contributed by atoms with Crippen molar-refractivity contribution in [3.63, 3.8) is 0 Å². The first-order valence-electron chi connectivity index (χ1n) is 6.82. The zero-order valence-corrected chi connectivity index (χ0v) is 11.9. The molecule has 2 aromatic rings. The van der Waals surface area contributed by atoms with Crippen LogP contribution in [0.4, 0.5) is 0 Å². The molecule has 98 valence electrons. The average molecular weight is 244 g/mol. The van der Waals surface area contributed by atoms with E-state index in [0.29, 0.717) is 5.92 Å². The molecule has 0 amide bonds. The third kappa shape index (κ3) is 2.59. The summed E-state index contributed by atoms with van der Waals surface area (Å²) >= 11 is 0. The maximum absolute atomic E-state index is 5.86. The Morgan fingerprint density at radius 1 is 1.22 bits per heavy atom. The van der Waals surface area contributed by atoms with Crippen molar-refractivity contribution >= 4 is 10.9 Å². The van der Waals surface area contributed by atoms with Gasteiger partial charge in [-0.2, -0.15) is 0 Å². The summed E-state index contributed by atoms with van der Waals surface area (Å²) in [6.07, 6.45) is 4.36. The number of nitrogens with zero attached hydrogens (tertiary/aromatic N) is 1. The van der Waals surface area contributed by atoms with Crippen molar-refractivity contribution in [1.29, 1.82) is 0 Å². The maximum atomic E-state index is 5.86. The Kier molecular flexibility index (Phi) is 3.76. The second kappa shape index (κ2) is 5.15. The minimum Gasteiger partial charge on any atom is -0.350 e. The van der Waals surface area contributed by atoms with Crippen LogP contribution in [-0.4, -0.2) is 10.6 Å². The number of hydrogen-bond acceptors (Lipinski definition) is 1. The molecule has 2 nitrogen and oxygen atoms in total. The molecule has 0 radical (unpaired) electrons. The van der Waals surface area contributed by atoms with E-state index in [4.69, 9.17) is 5.73 Å². The SMILES string of the molecule is CC(N)CCc1cn(C)c2ccc(C(C)C)cc12. The number of fused-ring (bicyclic) bond motifs is 1. The van der Waals surface area contributed by atoms with Crippen molar-refractivity contribution in [3.8, 4) is 0 Å². The molecule has 0 spiro atoms. The Morgan fingerprint density at radius 3 is 2.56 bits per heavy atom. The van der Waals surface area contributed by atoms with Gasteiger partial charge in [-0.3, -0.25) is 0 Å². The molecule has 0 saturated heterocycles. The van der Waals surface area contributed by atoms with Crippen LogP contribution in [0.25, 0.3) is 10.9 Å². The van der Waals surface area contributed by atoms with Crippen LogP contribution in [0.15, 0.2) is 24.4 Å². The fourth-order valence-electron chi connectivity index (χ4n) is 2.43. The molecule has 0 fully saturated rings. The molecule has 18 heavy (non-hydrogen) atoms. The predicted octanol–water partition coefficient (Wildman–Crippen LogP) is 3.58. The fourth-order valence-corrected chi connectivity index (χ4v) is 2.43. The largest absolute Gasteiger partial charge is 0.350 e. The lowest BCUT2D eigenvalue weighted by molar-refractivity contribution is 0.667. The molecule has 2 heteroatoms. The van der Waals surface area contributed by atoms with Gasteiger partial charge in [0, 0.05) is 30.2 Å². The standard InChI is InChI=1S/C16H24N2/c1-11(2)13-7-8-16-15(9-13)14(10-18(16)4)6-5-12(3)17/h7-12H,5-6,17H2,1-4H3. The number of aromatic nitrogens is 1. The molecule has 1 heterocycles. The molecule has 0 aliphatic carbocycles. The van der Waals surface area contributed by atoms with Gasteiger partial charge in [0.15, 0.2) is 0 Å². The van der Waals surface area contributed by atoms with Gasteiger partial charge in [-0.15, -0.1) is 0 Å². The Labute approximate surface area is 110 Å². The second-order valence-corrected chi connectivity index (χ2v) is 5.71. The van der Waals surface area contributed by atoms with Crippen molar-refractivity contribution in [3.05, 3.63) is 35.5 Å². The van der Waals surface area contributed by atoms with Gasteiger partial charge >= 0.3 is 0 Å². The van der Waals surface area contributed by atoms with Crippen LogP contribution in [0.1, 0.15) is 44.2 Å². The van der Waals surface area contributed by atoms with Gasteiger partial charge in [0.25, 0.3) is 0 Å². The summed E-state index contributed by atoms with van der Waals surface area (Å²) in [5.41, 5.74) is 10.0. The average Bonchev–Trinajstić information content (AvgIpc) is 2.63. The van der Waals surface area contributed by atoms with Crippen LogP contribution in [0.5, 0.6) is 0 Å². The number of aryl methyl sites for hydroxylation is 2. The van der Waals surface area contributed by atoms with Crippen molar-refractivity contribution in [1.82, 2.24) is 4.57 Å². The maximum Gasteiger partial charge on any atom is 0.0480 e. The fraction of sp³-hybridized carbons (Fsp3) is 0.500. The molecule has 0 aliphatic rings. The lowest BCUT2D eigenvalue weighted by Gasteiger charge is -2.07. The zero-order valence-electron chi connectivity index (χ0n) is 11.9. The van der Waals surface area contributed by atoms with E-state index in [-0.39, 0.29) is 6.04 Å².